The summed E-state index contributed by atoms with van der Waals surface area (Å²) in [5.41, 5.74) is 4.01. The number of ether oxygens (including phenoxy) is 3. The molecule has 0 radical (unpaired) electrons. The van der Waals surface area contributed by atoms with E-state index in [2.05, 4.69) is 34.9 Å². The summed E-state index contributed by atoms with van der Waals surface area (Å²) in [5, 5.41) is 3.96. The average molecular weight is 504 g/mol. The number of hydrogen-bond acceptors (Lipinski definition) is 5. The second kappa shape index (κ2) is 13.8. The lowest BCUT2D eigenvalue weighted by Crippen LogP contribution is -2.04. The first-order valence-electron chi connectivity index (χ1n) is 10.9. The molecule has 5 nitrogen and oxygen atoms in total. The molecule has 0 N–H and O–H groups in total. The van der Waals surface area contributed by atoms with Crippen molar-refractivity contribution in [1.82, 2.24) is 0 Å². The zero-order chi connectivity index (χ0) is 23.3. The van der Waals surface area contributed by atoms with E-state index in [9.17, 15) is 0 Å². The van der Waals surface area contributed by atoms with Gasteiger partial charge in [0.15, 0.2) is 0 Å². The highest BCUT2D eigenvalue weighted by Gasteiger charge is 2.08. The van der Waals surface area contributed by atoms with Gasteiger partial charge in [-0.05, 0) is 104 Å². The van der Waals surface area contributed by atoms with Gasteiger partial charge in [-0.3, -0.25) is 0 Å². The molecule has 0 heterocycles. The lowest BCUT2D eigenvalue weighted by Gasteiger charge is -2.14. The van der Waals surface area contributed by atoms with Crippen LogP contribution in [0.2, 0.25) is 0 Å². The third kappa shape index (κ3) is 8.23. The quantitative estimate of drug-likeness (QED) is 0.127. The van der Waals surface area contributed by atoms with Crippen molar-refractivity contribution in [3.8, 4) is 17.2 Å². The summed E-state index contributed by atoms with van der Waals surface area (Å²) in [6, 6.07) is 9.99. The first-order chi connectivity index (χ1) is 15.5. The SMILES string of the molecule is C/C=C/COc1cc(C)c(OCCCCCOc2ccc(/C(C)=N/OC)cc2Br)c(C)c1. The maximum absolute atomic E-state index is 6.05. The summed E-state index contributed by atoms with van der Waals surface area (Å²) < 4.78 is 18.6. The number of unbranched alkanes of at least 4 members (excludes halogenated alkanes) is 2. The predicted molar refractivity (Wildman–Crippen MR) is 134 cm³/mol. The number of rotatable bonds is 13. The molecule has 0 amide bonds. The van der Waals surface area contributed by atoms with Crippen molar-refractivity contribution in [1.29, 1.82) is 0 Å². The normalized spacial score (nSPS) is 11.6. The van der Waals surface area contributed by atoms with Crippen LogP contribution >= 0.6 is 15.9 Å². The van der Waals surface area contributed by atoms with E-state index in [0.717, 1.165) is 63.4 Å². The molecule has 2 rings (SSSR count). The monoisotopic (exact) mass is 503 g/mol. The fourth-order valence-corrected chi connectivity index (χ4v) is 3.73. The Kier molecular flexibility index (Phi) is 11.2. The van der Waals surface area contributed by atoms with Crippen molar-refractivity contribution >= 4 is 21.6 Å². The summed E-state index contributed by atoms with van der Waals surface area (Å²) in [5.74, 6) is 2.66. The summed E-state index contributed by atoms with van der Waals surface area (Å²) in [7, 11) is 1.54. The molecular weight excluding hydrogens is 470 g/mol. The fourth-order valence-electron chi connectivity index (χ4n) is 3.23. The number of hydrogen-bond donors (Lipinski definition) is 0. The van der Waals surface area contributed by atoms with Gasteiger partial charge in [0.1, 0.15) is 31.0 Å². The molecule has 0 saturated heterocycles. The summed E-state index contributed by atoms with van der Waals surface area (Å²) in [6.07, 6.45) is 6.96. The molecular formula is C26H34BrNO4. The van der Waals surface area contributed by atoms with Gasteiger partial charge in [0.2, 0.25) is 0 Å². The molecule has 0 atom stereocenters. The maximum atomic E-state index is 6.05. The van der Waals surface area contributed by atoms with E-state index in [0.29, 0.717) is 19.8 Å². The van der Waals surface area contributed by atoms with E-state index in [4.69, 9.17) is 19.0 Å². The number of halogens is 1. The Labute approximate surface area is 200 Å². The zero-order valence-electron chi connectivity index (χ0n) is 19.7. The van der Waals surface area contributed by atoms with Crippen molar-refractivity contribution in [2.75, 3.05) is 26.9 Å². The molecule has 0 bridgehead atoms. The van der Waals surface area contributed by atoms with Crippen LogP contribution in [0.4, 0.5) is 0 Å². The Morgan fingerprint density at radius 3 is 2.28 bits per heavy atom. The van der Waals surface area contributed by atoms with Gasteiger partial charge < -0.3 is 19.0 Å². The van der Waals surface area contributed by atoms with Gasteiger partial charge in [0.25, 0.3) is 0 Å². The molecule has 6 heteroatoms. The zero-order valence-corrected chi connectivity index (χ0v) is 21.3. The Morgan fingerprint density at radius 2 is 1.66 bits per heavy atom. The Morgan fingerprint density at radius 1 is 0.969 bits per heavy atom. The first-order valence-corrected chi connectivity index (χ1v) is 11.7. The van der Waals surface area contributed by atoms with Crippen molar-refractivity contribution in [3.63, 3.8) is 0 Å². The maximum Gasteiger partial charge on any atom is 0.133 e. The predicted octanol–water partition coefficient (Wildman–Crippen LogP) is 7.02. The molecule has 0 aliphatic heterocycles. The molecule has 2 aromatic rings. The van der Waals surface area contributed by atoms with Gasteiger partial charge in [-0.2, -0.15) is 0 Å². The Hall–Kier alpha value is -2.47. The van der Waals surface area contributed by atoms with Gasteiger partial charge in [-0.1, -0.05) is 17.3 Å². The minimum atomic E-state index is 0.583. The minimum absolute atomic E-state index is 0.583. The molecule has 0 unspecified atom stereocenters. The van der Waals surface area contributed by atoms with E-state index >= 15 is 0 Å². The largest absolute Gasteiger partial charge is 0.493 e. The van der Waals surface area contributed by atoms with Gasteiger partial charge in [-0.25, -0.2) is 0 Å². The van der Waals surface area contributed by atoms with E-state index in [1.165, 1.54) is 0 Å². The highest BCUT2D eigenvalue weighted by molar-refractivity contribution is 9.10. The van der Waals surface area contributed by atoms with Gasteiger partial charge in [0.05, 0.1) is 23.4 Å². The van der Waals surface area contributed by atoms with Gasteiger partial charge >= 0.3 is 0 Å². The minimum Gasteiger partial charge on any atom is -0.493 e. The summed E-state index contributed by atoms with van der Waals surface area (Å²) in [6.45, 7) is 9.95. The number of aryl methyl sites for hydroxylation is 2. The Bertz CT molecular complexity index is 901. The average Bonchev–Trinajstić information content (AvgIpc) is 2.76. The van der Waals surface area contributed by atoms with Gasteiger partial charge in [-0.15, -0.1) is 0 Å². The fraction of sp³-hybridized carbons (Fsp3) is 0.423. The van der Waals surface area contributed by atoms with Crippen LogP contribution < -0.4 is 14.2 Å². The highest BCUT2D eigenvalue weighted by atomic mass is 79.9. The topological polar surface area (TPSA) is 49.3 Å². The van der Waals surface area contributed by atoms with Crippen LogP contribution in [0.1, 0.15) is 49.8 Å². The van der Waals surface area contributed by atoms with E-state index in [1.807, 2.05) is 56.3 Å². The highest BCUT2D eigenvalue weighted by Crippen LogP contribution is 2.29. The molecule has 32 heavy (non-hydrogen) atoms. The third-order valence-electron chi connectivity index (χ3n) is 4.89. The first kappa shape index (κ1) is 25.8. The van der Waals surface area contributed by atoms with Crippen molar-refractivity contribution in [2.24, 2.45) is 5.16 Å². The number of oxime groups is 1. The second-order valence-corrected chi connectivity index (χ2v) is 8.38. The Balaban J connectivity index is 1.71. The molecule has 0 aromatic heterocycles. The van der Waals surface area contributed by atoms with Crippen LogP contribution in [-0.4, -0.2) is 32.6 Å². The van der Waals surface area contributed by atoms with Crippen LogP contribution in [0, 0.1) is 13.8 Å². The van der Waals surface area contributed by atoms with Crippen LogP contribution in [0.5, 0.6) is 17.2 Å². The van der Waals surface area contributed by atoms with Crippen LogP contribution in [0.3, 0.4) is 0 Å². The standard InChI is InChI=1S/C26H34BrNO4/c1-6-7-13-30-23-16-19(2)26(20(3)17-23)32-15-10-8-9-14-31-25-12-11-22(18-24(25)27)21(4)28-29-5/h6-7,11-12,16-18H,8-10,13-15H2,1-5H3/b7-6+,28-21+. The van der Waals surface area contributed by atoms with Crippen molar-refractivity contribution in [3.05, 3.63) is 63.6 Å². The number of allylic oxidation sites excluding steroid dienone is 1. The lowest BCUT2D eigenvalue weighted by molar-refractivity contribution is 0.213. The molecule has 174 valence electrons. The molecule has 0 saturated carbocycles. The molecule has 0 aliphatic carbocycles. The lowest BCUT2D eigenvalue weighted by atomic mass is 10.1. The van der Waals surface area contributed by atoms with Crippen LogP contribution in [0.15, 0.2) is 52.1 Å². The number of benzene rings is 2. The van der Waals surface area contributed by atoms with Crippen molar-refractivity contribution < 1.29 is 19.0 Å². The summed E-state index contributed by atoms with van der Waals surface area (Å²) >= 11 is 3.57. The molecule has 0 spiro atoms. The van der Waals surface area contributed by atoms with E-state index in [1.54, 1.807) is 7.11 Å². The second-order valence-electron chi connectivity index (χ2n) is 7.53. The smallest absolute Gasteiger partial charge is 0.133 e. The molecule has 2 aromatic carbocycles. The molecule has 0 fully saturated rings. The molecule has 0 aliphatic rings. The number of nitrogens with zero attached hydrogens (tertiary/aromatic N) is 1. The van der Waals surface area contributed by atoms with E-state index < -0.39 is 0 Å². The van der Waals surface area contributed by atoms with Gasteiger partial charge in [0, 0.05) is 5.56 Å². The van der Waals surface area contributed by atoms with E-state index in [-0.39, 0.29) is 0 Å². The van der Waals surface area contributed by atoms with Crippen LogP contribution in [0.25, 0.3) is 0 Å². The summed E-state index contributed by atoms with van der Waals surface area (Å²) in [4.78, 5) is 4.83. The van der Waals surface area contributed by atoms with Crippen LogP contribution in [-0.2, 0) is 4.84 Å². The van der Waals surface area contributed by atoms with Crippen molar-refractivity contribution in [2.45, 2.75) is 47.0 Å². The third-order valence-corrected chi connectivity index (χ3v) is 5.51.